The number of rotatable bonds is 7. The molecule has 8 nitrogen and oxygen atoms in total. The van der Waals surface area contributed by atoms with Gasteiger partial charge in [0.05, 0.1) is 21.9 Å². The quantitative estimate of drug-likeness (QED) is 0.343. The van der Waals surface area contributed by atoms with E-state index in [0.717, 1.165) is 12.8 Å². The van der Waals surface area contributed by atoms with Crippen molar-refractivity contribution in [3.63, 3.8) is 0 Å². The van der Waals surface area contributed by atoms with Crippen LogP contribution in [-0.4, -0.2) is 36.6 Å². The molecule has 0 heterocycles. The maximum Gasteiger partial charge on any atom is 0.329 e. The van der Waals surface area contributed by atoms with E-state index >= 15 is 0 Å². The second-order valence-electron chi connectivity index (χ2n) is 6.46. The highest BCUT2D eigenvalue weighted by Crippen LogP contribution is 2.29. The first-order valence-corrected chi connectivity index (χ1v) is 9.78. The number of amides is 3. The lowest BCUT2D eigenvalue weighted by molar-refractivity contribution is -0.139. The standard InChI is InChI=1S/C20H18Cl2N4O4/c21-15-5-2-6-16(18(15)22)25-17(27)11-30-14-4-1-3-12(9-14)10-23-26-20(29)19(28)24-13-7-8-13/h1-6,9-10,13H,7-8,11H2,(H,24,28)(H,25,27)(H,26,29)/b23-10-. The summed E-state index contributed by atoms with van der Waals surface area (Å²) in [7, 11) is 0. The molecule has 3 amide bonds. The summed E-state index contributed by atoms with van der Waals surface area (Å²) in [6, 6.07) is 11.7. The highest BCUT2D eigenvalue weighted by atomic mass is 35.5. The summed E-state index contributed by atoms with van der Waals surface area (Å²) in [5.74, 6) is -1.53. The van der Waals surface area contributed by atoms with Crippen LogP contribution < -0.4 is 20.8 Å². The SMILES string of the molecule is O=C(COc1cccc(/C=N\NC(=O)C(=O)NC2CC2)c1)Nc1cccc(Cl)c1Cl. The molecule has 10 heteroatoms. The molecule has 2 aromatic rings. The van der Waals surface area contributed by atoms with Crippen LogP contribution in [0, 0.1) is 0 Å². The lowest BCUT2D eigenvalue weighted by Gasteiger charge is -2.09. The second kappa shape index (κ2) is 10.1. The van der Waals surface area contributed by atoms with Crippen molar-refractivity contribution in [1.29, 1.82) is 0 Å². The molecule has 0 bridgehead atoms. The first kappa shape index (κ1) is 21.6. The molecule has 156 valence electrons. The zero-order valence-electron chi connectivity index (χ0n) is 15.7. The Morgan fingerprint density at radius 2 is 1.87 bits per heavy atom. The van der Waals surface area contributed by atoms with Gasteiger partial charge >= 0.3 is 11.8 Å². The predicted molar refractivity (Wildman–Crippen MR) is 114 cm³/mol. The third kappa shape index (κ3) is 6.47. The van der Waals surface area contributed by atoms with Crippen molar-refractivity contribution in [3.05, 3.63) is 58.1 Å². The summed E-state index contributed by atoms with van der Waals surface area (Å²) in [5, 5.41) is 9.52. The molecule has 1 aliphatic rings. The highest BCUT2D eigenvalue weighted by molar-refractivity contribution is 6.44. The minimum absolute atomic E-state index is 0.0909. The fourth-order valence-electron chi connectivity index (χ4n) is 2.31. The van der Waals surface area contributed by atoms with Crippen LogP contribution >= 0.6 is 23.2 Å². The molecule has 0 radical (unpaired) electrons. The van der Waals surface area contributed by atoms with E-state index in [1.807, 2.05) is 0 Å². The van der Waals surface area contributed by atoms with E-state index in [1.54, 1.807) is 42.5 Å². The fourth-order valence-corrected chi connectivity index (χ4v) is 2.66. The van der Waals surface area contributed by atoms with Crippen LogP contribution in [0.15, 0.2) is 47.6 Å². The van der Waals surface area contributed by atoms with Gasteiger partial charge in [0.2, 0.25) is 0 Å². The number of hydrogen-bond donors (Lipinski definition) is 3. The smallest absolute Gasteiger partial charge is 0.329 e. The molecule has 0 aliphatic heterocycles. The van der Waals surface area contributed by atoms with E-state index in [4.69, 9.17) is 27.9 Å². The third-order valence-corrected chi connectivity index (χ3v) is 4.77. The molecule has 0 atom stereocenters. The van der Waals surface area contributed by atoms with Gasteiger partial charge in [0.25, 0.3) is 5.91 Å². The van der Waals surface area contributed by atoms with Crippen LogP contribution in [0.25, 0.3) is 0 Å². The van der Waals surface area contributed by atoms with Gasteiger partial charge in [-0.25, -0.2) is 5.43 Å². The Kier molecular flexibility index (Phi) is 7.26. The summed E-state index contributed by atoms with van der Waals surface area (Å²) >= 11 is 12.0. The number of benzene rings is 2. The number of nitrogens with zero attached hydrogens (tertiary/aromatic N) is 1. The molecule has 30 heavy (non-hydrogen) atoms. The van der Waals surface area contributed by atoms with Crippen molar-refractivity contribution in [1.82, 2.24) is 10.7 Å². The van der Waals surface area contributed by atoms with Crippen LogP contribution in [0.1, 0.15) is 18.4 Å². The predicted octanol–water partition coefficient (Wildman–Crippen LogP) is 2.74. The Balaban J connectivity index is 1.48. The minimum atomic E-state index is -0.832. The van der Waals surface area contributed by atoms with Gasteiger partial charge in [-0.2, -0.15) is 5.10 Å². The van der Waals surface area contributed by atoms with E-state index in [1.165, 1.54) is 6.21 Å². The Morgan fingerprint density at radius 1 is 1.10 bits per heavy atom. The molecular formula is C20H18Cl2N4O4. The average molecular weight is 449 g/mol. The van der Waals surface area contributed by atoms with Crippen LogP contribution in [0.3, 0.4) is 0 Å². The number of nitrogens with one attached hydrogen (secondary N) is 3. The summed E-state index contributed by atoms with van der Waals surface area (Å²) in [4.78, 5) is 35.2. The maximum atomic E-state index is 12.1. The third-order valence-electron chi connectivity index (χ3n) is 3.95. The zero-order chi connectivity index (χ0) is 21.5. The molecule has 1 aliphatic carbocycles. The van der Waals surface area contributed by atoms with Crippen molar-refractivity contribution >= 4 is 52.8 Å². The summed E-state index contributed by atoms with van der Waals surface area (Å²) < 4.78 is 5.47. The molecule has 3 N–H and O–H groups in total. The number of hydrogen-bond acceptors (Lipinski definition) is 5. The van der Waals surface area contributed by atoms with E-state index in [-0.39, 0.29) is 17.7 Å². The van der Waals surface area contributed by atoms with Gasteiger partial charge in [-0.1, -0.05) is 41.4 Å². The van der Waals surface area contributed by atoms with Crippen molar-refractivity contribution in [2.45, 2.75) is 18.9 Å². The van der Waals surface area contributed by atoms with Gasteiger partial charge in [0, 0.05) is 6.04 Å². The van der Waals surface area contributed by atoms with Crippen molar-refractivity contribution < 1.29 is 19.1 Å². The van der Waals surface area contributed by atoms with Crippen LogP contribution in [0.4, 0.5) is 5.69 Å². The van der Waals surface area contributed by atoms with Gasteiger partial charge < -0.3 is 15.4 Å². The van der Waals surface area contributed by atoms with Crippen molar-refractivity contribution in [2.75, 3.05) is 11.9 Å². The maximum absolute atomic E-state index is 12.1. The van der Waals surface area contributed by atoms with Crippen molar-refractivity contribution in [3.8, 4) is 5.75 Å². The number of carbonyl (C=O) groups excluding carboxylic acids is 3. The molecule has 0 spiro atoms. The van der Waals surface area contributed by atoms with Gasteiger partial charge in [0.15, 0.2) is 6.61 Å². The van der Waals surface area contributed by atoms with Gasteiger partial charge in [0.1, 0.15) is 5.75 Å². The van der Waals surface area contributed by atoms with E-state index in [2.05, 4.69) is 21.2 Å². The second-order valence-corrected chi connectivity index (χ2v) is 7.24. The van der Waals surface area contributed by atoms with Gasteiger partial charge in [-0.15, -0.1) is 0 Å². The van der Waals surface area contributed by atoms with E-state index in [9.17, 15) is 14.4 Å². The molecule has 0 unspecified atom stereocenters. The Bertz CT molecular complexity index is 993. The van der Waals surface area contributed by atoms with Crippen LogP contribution in [0.2, 0.25) is 10.0 Å². The molecule has 2 aromatic carbocycles. The Morgan fingerprint density at radius 3 is 2.63 bits per heavy atom. The molecule has 1 fully saturated rings. The van der Waals surface area contributed by atoms with Crippen LogP contribution in [-0.2, 0) is 14.4 Å². The lowest BCUT2D eigenvalue weighted by Crippen LogP contribution is -2.38. The van der Waals surface area contributed by atoms with E-state index < -0.39 is 17.7 Å². The minimum Gasteiger partial charge on any atom is -0.484 e. The first-order chi connectivity index (χ1) is 14.4. The number of ether oxygens (including phenoxy) is 1. The number of halogens is 2. The molecule has 3 rings (SSSR count). The molecule has 1 saturated carbocycles. The monoisotopic (exact) mass is 448 g/mol. The fraction of sp³-hybridized carbons (Fsp3) is 0.200. The summed E-state index contributed by atoms with van der Waals surface area (Å²) in [6.45, 7) is -0.248. The molecular weight excluding hydrogens is 431 g/mol. The van der Waals surface area contributed by atoms with Gasteiger partial charge in [-0.3, -0.25) is 14.4 Å². The van der Waals surface area contributed by atoms with Crippen LogP contribution in [0.5, 0.6) is 5.75 Å². The number of carbonyl (C=O) groups is 3. The highest BCUT2D eigenvalue weighted by Gasteiger charge is 2.26. The van der Waals surface area contributed by atoms with Crippen molar-refractivity contribution in [2.24, 2.45) is 5.10 Å². The Labute approximate surface area is 182 Å². The normalized spacial score (nSPS) is 13.0. The summed E-state index contributed by atoms with van der Waals surface area (Å²) in [6.07, 6.45) is 3.14. The topological polar surface area (TPSA) is 109 Å². The van der Waals surface area contributed by atoms with E-state index in [0.29, 0.717) is 22.0 Å². The molecule has 0 saturated heterocycles. The first-order valence-electron chi connectivity index (χ1n) is 9.03. The average Bonchev–Trinajstić information content (AvgIpc) is 3.54. The number of anilines is 1. The van der Waals surface area contributed by atoms with Gasteiger partial charge in [-0.05, 0) is 42.7 Å². The zero-order valence-corrected chi connectivity index (χ0v) is 17.2. The number of hydrazone groups is 1. The lowest BCUT2D eigenvalue weighted by atomic mass is 10.2. The Hall–Kier alpha value is -3.10. The molecule has 0 aromatic heterocycles. The largest absolute Gasteiger partial charge is 0.484 e. The summed E-state index contributed by atoms with van der Waals surface area (Å²) in [5.41, 5.74) is 3.16.